The van der Waals surface area contributed by atoms with Crippen LogP contribution in [-0.2, 0) is 41.6 Å². The topological polar surface area (TPSA) is 83.5 Å². The average Bonchev–Trinajstić information content (AvgIpc) is 3.06. The van der Waals surface area contributed by atoms with Crippen molar-refractivity contribution in [2.24, 2.45) is 5.92 Å². The highest BCUT2D eigenvalue weighted by molar-refractivity contribution is 5.85. The minimum absolute atomic E-state index is 0.104. The highest BCUT2D eigenvalue weighted by Gasteiger charge is 2.31. The molecule has 0 N–H and O–H groups in total. The first-order valence-electron chi connectivity index (χ1n) is 16.4. The molecule has 8 nitrogen and oxygen atoms in total. The van der Waals surface area contributed by atoms with E-state index in [0.717, 1.165) is 36.8 Å². The zero-order chi connectivity index (χ0) is 33.6. The van der Waals surface area contributed by atoms with Gasteiger partial charge in [0, 0.05) is 33.4 Å². The van der Waals surface area contributed by atoms with Gasteiger partial charge in [-0.05, 0) is 54.9 Å². The summed E-state index contributed by atoms with van der Waals surface area (Å²) in [5.74, 6) is 0.482. The van der Waals surface area contributed by atoms with Gasteiger partial charge in [0.1, 0.15) is 31.3 Å². The summed E-state index contributed by atoms with van der Waals surface area (Å²) in [6.45, 7) is 13.4. The van der Waals surface area contributed by atoms with Crippen LogP contribution in [0.15, 0.2) is 79.9 Å². The molecule has 0 aliphatic rings. The van der Waals surface area contributed by atoms with Crippen molar-refractivity contribution in [1.29, 1.82) is 0 Å². The Morgan fingerprint density at radius 2 is 1.65 bits per heavy atom. The van der Waals surface area contributed by atoms with Crippen molar-refractivity contribution in [2.45, 2.75) is 90.1 Å². The van der Waals surface area contributed by atoms with E-state index in [2.05, 4.69) is 27.0 Å². The SMILES string of the molecule is C=CCC(=O)N(C)C(Cc1ccc(OCCOCc2ccccc2)cc1)C(=O)O[C@@H](CC[C@@H](C)CC=C)C[C@H](CCC)OCOC. The number of benzene rings is 2. The molecule has 46 heavy (non-hydrogen) atoms. The molecule has 8 heteroatoms. The molecule has 2 aromatic rings. The first-order chi connectivity index (χ1) is 22.3. The van der Waals surface area contributed by atoms with Crippen molar-refractivity contribution in [3.05, 3.63) is 91.0 Å². The summed E-state index contributed by atoms with van der Waals surface area (Å²) < 4.78 is 28.8. The second-order valence-corrected chi connectivity index (χ2v) is 11.7. The second kappa shape index (κ2) is 23.0. The summed E-state index contributed by atoms with van der Waals surface area (Å²) in [6, 6.07) is 16.8. The number of allylic oxidation sites excluding steroid dienone is 1. The molecule has 2 aromatic carbocycles. The average molecular weight is 638 g/mol. The van der Waals surface area contributed by atoms with Crippen LogP contribution < -0.4 is 4.74 Å². The van der Waals surface area contributed by atoms with Crippen molar-refractivity contribution >= 4 is 11.9 Å². The fourth-order valence-electron chi connectivity index (χ4n) is 5.14. The number of amides is 1. The van der Waals surface area contributed by atoms with E-state index in [1.54, 1.807) is 20.2 Å². The van der Waals surface area contributed by atoms with Crippen LogP contribution in [0.4, 0.5) is 0 Å². The van der Waals surface area contributed by atoms with Gasteiger partial charge in [-0.15, -0.1) is 13.2 Å². The Hall–Kier alpha value is -3.46. The molecule has 0 radical (unpaired) electrons. The van der Waals surface area contributed by atoms with Crippen molar-refractivity contribution in [1.82, 2.24) is 4.90 Å². The lowest BCUT2D eigenvalue weighted by Gasteiger charge is -2.30. The smallest absolute Gasteiger partial charge is 0.329 e. The van der Waals surface area contributed by atoms with E-state index in [1.165, 1.54) is 4.90 Å². The molecule has 0 heterocycles. The fraction of sp³-hybridized carbons (Fsp3) is 0.526. The summed E-state index contributed by atoms with van der Waals surface area (Å²) in [5, 5.41) is 0. The Morgan fingerprint density at radius 3 is 2.30 bits per heavy atom. The van der Waals surface area contributed by atoms with E-state index in [1.807, 2.05) is 60.7 Å². The lowest BCUT2D eigenvalue weighted by atomic mass is 9.96. The monoisotopic (exact) mass is 637 g/mol. The van der Waals surface area contributed by atoms with Crippen LogP contribution in [0.3, 0.4) is 0 Å². The van der Waals surface area contributed by atoms with Crippen LogP contribution >= 0.6 is 0 Å². The number of carbonyl (C=O) groups excluding carboxylic acids is 2. The van der Waals surface area contributed by atoms with Crippen molar-refractivity contribution in [2.75, 3.05) is 34.2 Å². The number of carbonyl (C=O) groups is 2. The lowest BCUT2D eigenvalue weighted by molar-refractivity contribution is -0.162. The van der Waals surface area contributed by atoms with Gasteiger partial charge in [-0.3, -0.25) is 4.79 Å². The summed E-state index contributed by atoms with van der Waals surface area (Å²) in [7, 11) is 3.24. The predicted molar refractivity (Wildman–Crippen MR) is 182 cm³/mol. The van der Waals surface area contributed by atoms with E-state index >= 15 is 0 Å². The number of hydrogen-bond donors (Lipinski definition) is 0. The maximum atomic E-state index is 13.8. The molecule has 254 valence electrons. The molecule has 1 unspecified atom stereocenters. The Kier molecular flexibility index (Phi) is 19.3. The fourth-order valence-corrected chi connectivity index (χ4v) is 5.14. The zero-order valence-electron chi connectivity index (χ0n) is 28.4. The molecular weight excluding hydrogens is 582 g/mol. The maximum absolute atomic E-state index is 13.8. The summed E-state index contributed by atoms with van der Waals surface area (Å²) >= 11 is 0. The van der Waals surface area contributed by atoms with Gasteiger partial charge in [0.2, 0.25) is 5.91 Å². The van der Waals surface area contributed by atoms with Gasteiger partial charge in [0.15, 0.2) is 0 Å². The summed E-state index contributed by atoms with van der Waals surface area (Å²) in [4.78, 5) is 28.2. The highest BCUT2D eigenvalue weighted by Crippen LogP contribution is 2.23. The largest absolute Gasteiger partial charge is 0.491 e. The molecule has 4 atom stereocenters. The number of esters is 1. The molecule has 0 saturated heterocycles. The predicted octanol–water partition coefficient (Wildman–Crippen LogP) is 7.31. The van der Waals surface area contributed by atoms with Gasteiger partial charge in [0.25, 0.3) is 0 Å². The molecule has 0 spiro atoms. The van der Waals surface area contributed by atoms with Crippen molar-refractivity contribution in [3.63, 3.8) is 0 Å². The quantitative estimate of drug-likeness (QED) is 0.0489. The molecule has 0 fully saturated rings. The summed E-state index contributed by atoms with van der Waals surface area (Å²) in [5.41, 5.74) is 2.00. The van der Waals surface area contributed by atoms with Gasteiger partial charge in [-0.1, -0.05) is 74.9 Å². The first kappa shape index (κ1) is 38.7. The maximum Gasteiger partial charge on any atom is 0.329 e. The van der Waals surface area contributed by atoms with Gasteiger partial charge < -0.3 is 28.6 Å². The molecule has 0 aliphatic heterocycles. The third-order valence-corrected chi connectivity index (χ3v) is 7.80. The second-order valence-electron chi connectivity index (χ2n) is 11.7. The Morgan fingerprint density at radius 1 is 0.913 bits per heavy atom. The molecule has 0 aliphatic carbocycles. The van der Waals surface area contributed by atoms with Crippen LogP contribution in [0.2, 0.25) is 0 Å². The molecule has 0 bridgehead atoms. The molecule has 0 saturated carbocycles. The molecule has 1 amide bonds. The number of likely N-dealkylation sites (N-methyl/N-ethyl adjacent to an activating group) is 1. The number of hydrogen-bond acceptors (Lipinski definition) is 7. The third kappa shape index (κ3) is 15.2. The van der Waals surface area contributed by atoms with Crippen LogP contribution in [0.1, 0.15) is 69.9 Å². The number of methoxy groups -OCH3 is 1. The number of ether oxygens (including phenoxy) is 5. The minimum atomic E-state index is -0.803. The van der Waals surface area contributed by atoms with Crippen LogP contribution in [0.25, 0.3) is 0 Å². The standard InChI is InChI=1S/C38H55NO7/c1-7-13-30(4)18-21-35(27-34(14-8-2)45-29-42-6)46-38(41)36(39(5)37(40)15-9-3)26-31-19-22-33(23-20-31)44-25-24-43-28-32-16-11-10-12-17-32/h7,9-12,16-17,19-20,22-23,30,34-36H,1,3,8,13-15,18,21,24-29H2,2,4-6H3/t30-,34-,35-,36?/m0/s1. The molecule has 2 rings (SSSR count). The zero-order valence-corrected chi connectivity index (χ0v) is 28.4. The normalized spacial score (nSPS) is 13.7. The van der Waals surface area contributed by atoms with E-state index in [-0.39, 0.29) is 31.3 Å². The first-order valence-corrected chi connectivity index (χ1v) is 16.4. The number of nitrogens with zero attached hydrogens (tertiary/aromatic N) is 1. The Labute approximate surface area is 276 Å². The number of rotatable bonds is 25. The van der Waals surface area contributed by atoms with Gasteiger partial charge in [0.05, 0.1) is 19.3 Å². The lowest BCUT2D eigenvalue weighted by Crippen LogP contribution is -2.46. The molecule has 0 aromatic heterocycles. The van der Waals surface area contributed by atoms with Gasteiger partial charge in [-0.2, -0.15) is 0 Å². The minimum Gasteiger partial charge on any atom is -0.491 e. The van der Waals surface area contributed by atoms with E-state index < -0.39 is 12.0 Å². The Balaban J connectivity index is 2.10. The van der Waals surface area contributed by atoms with E-state index in [9.17, 15) is 9.59 Å². The highest BCUT2D eigenvalue weighted by atomic mass is 16.7. The summed E-state index contributed by atoms with van der Waals surface area (Å²) in [6.07, 6.45) is 8.20. The Bertz CT molecular complexity index is 1140. The third-order valence-electron chi connectivity index (χ3n) is 7.80. The van der Waals surface area contributed by atoms with Gasteiger partial charge >= 0.3 is 5.97 Å². The van der Waals surface area contributed by atoms with E-state index in [0.29, 0.717) is 50.8 Å². The van der Waals surface area contributed by atoms with Crippen LogP contribution in [-0.4, -0.2) is 69.2 Å². The van der Waals surface area contributed by atoms with E-state index in [4.69, 9.17) is 23.7 Å². The molecular formula is C38H55NO7. The van der Waals surface area contributed by atoms with Crippen molar-refractivity contribution in [3.8, 4) is 5.75 Å². The van der Waals surface area contributed by atoms with Crippen molar-refractivity contribution < 1.29 is 33.3 Å². The van der Waals surface area contributed by atoms with Crippen LogP contribution in [0, 0.1) is 5.92 Å². The van der Waals surface area contributed by atoms with Gasteiger partial charge in [-0.25, -0.2) is 4.79 Å². The van der Waals surface area contributed by atoms with Crippen LogP contribution in [0.5, 0.6) is 5.75 Å².